The highest BCUT2D eigenvalue weighted by Crippen LogP contribution is 2.25. The molecule has 0 fully saturated rings. The number of halogens is 1. The van der Waals surface area contributed by atoms with E-state index in [9.17, 15) is 14.0 Å². The maximum absolute atomic E-state index is 13.3. The van der Waals surface area contributed by atoms with Gasteiger partial charge in [-0.25, -0.2) is 13.9 Å². The van der Waals surface area contributed by atoms with E-state index in [0.29, 0.717) is 17.9 Å². The van der Waals surface area contributed by atoms with Crippen LogP contribution in [-0.2, 0) is 9.53 Å². The Morgan fingerprint density at radius 1 is 1.21 bits per heavy atom. The average Bonchev–Trinajstić information content (AvgIpc) is 3.14. The molecule has 7 heteroatoms. The molecule has 150 valence electrons. The summed E-state index contributed by atoms with van der Waals surface area (Å²) in [6.07, 6.45) is 0.583. The zero-order valence-electron chi connectivity index (χ0n) is 16.5. The molecule has 1 atom stereocenters. The molecule has 0 radical (unpaired) electrons. The molecule has 3 rings (SSSR count). The van der Waals surface area contributed by atoms with E-state index >= 15 is 0 Å². The van der Waals surface area contributed by atoms with Gasteiger partial charge in [-0.2, -0.15) is 5.10 Å². The van der Waals surface area contributed by atoms with Crippen LogP contribution in [0.4, 0.5) is 4.39 Å². The SMILES string of the molecule is CCNC(=O)[C@H](C)OC(=O)c1cn(-c2ccc(F)cc2)nc1-c1cccc(C)c1. The number of ether oxygens (including phenoxy) is 1. The predicted molar refractivity (Wildman–Crippen MR) is 107 cm³/mol. The minimum Gasteiger partial charge on any atom is -0.449 e. The van der Waals surface area contributed by atoms with Gasteiger partial charge in [0.2, 0.25) is 0 Å². The highest BCUT2D eigenvalue weighted by molar-refractivity contribution is 5.97. The summed E-state index contributed by atoms with van der Waals surface area (Å²) in [4.78, 5) is 24.7. The molecule has 0 saturated carbocycles. The van der Waals surface area contributed by atoms with Gasteiger partial charge in [0.05, 0.1) is 5.69 Å². The molecule has 0 aliphatic heterocycles. The standard InChI is InChI=1S/C22H22FN3O3/c1-4-24-21(27)15(3)29-22(28)19-13-26(18-10-8-17(23)9-11-18)25-20(19)16-7-5-6-14(2)12-16/h5-13,15H,4H2,1-3H3,(H,24,27)/t15-/m0/s1. The molecule has 1 amide bonds. The van der Waals surface area contributed by atoms with Crippen molar-refractivity contribution >= 4 is 11.9 Å². The van der Waals surface area contributed by atoms with Crippen molar-refractivity contribution in [1.82, 2.24) is 15.1 Å². The summed E-state index contributed by atoms with van der Waals surface area (Å²) in [5.74, 6) is -1.40. The third kappa shape index (κ3) is 4.68. The van der Waals surface area contributed by atoms with Gasteiger partial charge in [-0.15, -0.1) is 0 Å². The van der Waals surface area contributed by atoms with Gasteiger partial charge < -0.3 is 10.1 Å². The van der Waals surface area contributed by atoms with Gasteiger partial charge >= 0.3 is 5.97 Å². The van der Waals surface area contributed by atoms with Crippen LogP contribution in [-0.4, -0.2) is 34.3 Å². The minimum absolute atomic E-state index is 0.219. The highest BCUT2D eigenvalue weighted by atomic mass is 19.1. The van der Waals surface area contributed by atoms with Gasteiger partial charge in [0.1, 0.15) is 17.1 Å². The first-order valence-corrected chi connectivity index (χ1v) is 9.30. The first-order chi connectivity index (χ1) is 13.9. The number of carbonyl (C=O) groups excluding carboxylic acids is 2. The Morgan fingerprint density at radius 2 is 1.93 bits per heavy atom. The summed E-state index contributed by atoms with van der Waals surface area (Å²) in [6, 6.07) is 13.3. The number of benzene rings is 2. The fraction of sp³-hybridized carbons (Fsp3) is 0.227. The van der Waals surface area contributed by atoms with Crippen molar-refractivity contribution in [2.45, 2.75) is 26.9 Å². The first kappa shape index (κ1) is 20.3. The van der Waals surface area contributed by atoms with E-state index in [1.807, 2.05) is 31.2 Å². The number of likely N-dealkylation sites (N-methyl/N-ethyl adjacent to an activating group) is 1. The van der Waals surface area contributed by atoms with Crippen LogP contribution in [0.1, 0.15) is 29.8 Å². The highest BCUT2D eigenvalue weighted by Gasteiger charge is 2.24. The zero-order chi connectivity index (χ0) is 21.0. The van der Waals surface area contributed by atoms with Crippen molar-refractivity contribution < 1.29 is 18.7 Å². The number of hydrogen-bond donors (Lipinski definition) is 1. The van der Waals surface area contributed by atoms with E-state index in [1.165, 1.54) is 29.9 Å². The van der Waals surface area contributed by atoms with Gasteiger partial charge in [-0.1, -0.05) is 23.8 Å². The topological polar surface area (TPSA) is 73.2 Å². The quantitative estimate of drug-likeness (QED) is 0.647. The summed E-state index contributed by atoms with van der Waals surface area (Å²) in [5.41, 5.74) is 2.98. The summed E-state index contributed by atoms with van der Waals surface area (Å²) < 4.78 is 20.1. The van der Waals surface area contributed by atoms with E-state index < -0.39 is 12.1 Å². The van der Waals surface area contributed by atoms with Crippen LogP contribution in [0, 0.1) is 12.7 Å². The number of rotatable bonds is 6. The molecule has 3 aromatic rings. The molecule has 0 aliphatic rings. The lowest BCUT2D eigenvalue weighted by molar-refractivity contribution is -0.128. The monoisotopic (exact) mass is 395 g/mol. The second kappa shape index (κ2) is 8.68. The largest absolute Gasteiger partial charge is 0.449 e. The Kier molecular flexibility index (Phi) is 6.07. The molecule has 1 aromatic heterocycles. The minimum atomic E-state index is -0.943. The third-order valence-electron chi connectivity index (χ3n) is 4.32. The fourth-order valence-corrected chi connectivity index (χ4v) is 2.85. The van der Waals surface area contributed by atoms with Crippen LogP contribution < -0.4 is 5.32 Å². The van der Waals surface area contributed by atoms with E-state index in [1.54, 1.807) is 19.1 Å². The zero-order valence-corrected chi connectivity index (χ0v) is 16.5. The fourth-order valence-electron chi connectivity index (χ4n) is 2.85. The Balaban J connectivity index is 2.00. The second-order valence-electron chi connectivity index (χ2n) is 6.62. The number of aromatic nitrogens is 2. The maximum Gasteiger partial charge on any atom is 0.342 e. The molecular formula is C22H22FN3O3. The molecule has 0 bridgehead atoms. The molecule has 1 N–H and O–H groups in total. The predicted octanol–water partition coefficient (Wildman–Crippen LogP) is 3.67. The summed E-state index contributed by atoms with van der Waals surface area (Å²) in [7, 11) is 0. The van der Waals surface area contributed by atoms with Gasteiger partial charge in [0.15, 0.2) is 6.10 Å². The van der Waals surface area contributed by atoms with Crippen molar-refractivity contribution in [2.24, 2.45) is 0 Å². The molecule has 0 spiro atoms. The molecule has 29 heavy (non-hydrogen) atoms. The Bertz CT molecular complexity index is 1030. The van der Waals surface area contributed by atoms with Crippen molar-refractivity contribution in [2.75, 3.05) is 6.54 Å². The average molecular weight is 395 g/mol. The van der Waals surface area contributed by atoms with Crippen LogP contribution in [0.15, 0.2) is 54.7 Å². The van der Waals surface area contributed by atoms with Gasteiger partial charge in [0.25, 0.3) is 5.91 Å². The van der Waals surface area contributed by atoms with Gasteiger partial charge in [0, 0.05) is 18.3 Å². The lowest BCUT2D eigenvalue weighted by Crippen LogP contribution is -2.35. The van der Waals surface area contributed by atoms with Crippen LogP contribution in [0.25, 0.3) is 16.9 Å². The van der Waals surface area contributed by atoms with Crippen LogP contribution in [0.5, 0.6) is 0 Å². The van der Waals surface area contributed by atoms with Gasteiger partial charge in [-0.05, 0) is 51.1 Å². The number of nitrogens with one attached hydrogen (secondary N) is 1. The number of hydrogen-bond acceptors (Lipinski definition) is 4. The Labute approximate surface area is 168 Å². The molecule has 0 aliphatic carbocycles. The van der Waals surface area contributed by atoms with Crippen molar-refractivity contribution in [1.29, 1.82) is 0 Å². The summed E-state index contributed by atoms with van der Waals surface area (Å²) in [5, 5.41) is 7.14. The van der Waals surface area contributed by atoms with E-state index in [4.69, 9.17) is 4.74 Å². The van der Waals surface area contributed by atoms with Crippen LogP contribution >= 0.6 is 0 Å². The Hall–Kier alpha value is -3.48. The Morgan fingerprint density at radius 3 is 2.59 bits per heavy atom. The number of amides is 1. The lowest BCUT2D eigenvalue weighted by Gasteiger charge is -2.12. The molecule has 1 heterocycles. The number of esters is 1. The lowest BCUT2D eigenvalue weighted by atomic mass is 10.1. The van der Waals surface area contributed by atoms with Crippen molar-refractivity contribution in [3.8, 4) is 16.9 Å². The molecular weight excluding hydrogens is 373 g/mol. The number of aryl methyl sites for hydroxylation is 1. The molecule has 0 saturated heterocycles. The van der Waals surface area contributed by atoms with E-state index in [0.717, 1.165) is 11.1 Å². The molecule has 0 unspecified atom stereocenters. The third-order valence-corrected chi connectivity index (χ3v) is 4.32. The van der Waals surface area contributed by atoms with Crippen molar-refractivity contribution in [3.05, 3.63) is 71.7 Å². The van der Waals surface area contributed by atoms with Crippen LogP contribution in [0.2, 0.25) is 0 Å². The number of nitrogens with zero attached hydrogens (tertiary/aromatic N) is 2. The maximum atomic E-state index is 13.3. The normalized spacial score (nSPS) is 11.7. The first-order valence-electron chi connectivity index (χ1n) is 9.30. The van der Waals surface area contributed by atoms with Gasteiger partial charge in [-0.3, -0.25) is 4.79 Å². The van der Waals surface area contributed by atoms with Crippen LogP contribution in [0.3, 0.4) is 0 Å². The second-order valence-corrected chi connectivity index (χ2v) is 6.62. The van der Waals surface area contributed by atoms with Crippen molar-refractivity contribution in [3.63, 3.8) is 0 Å². The molecule has 2 aromatic carbocycles. The number of carbonyl (C=O) groups is 2. The van der Waals surface area contributed by atoms with E-state index in [-0.39, 0.29) is 17.3 Å². The summed E-state index contributed by atoms with van der Waals surface area (Å²) >= 11 is 0. The van der Waals surface area contributed by atoms with E-state index in [2.05, 4.69) is 10.4 Å². The molecule has 6 nitrogen and oxygen atoms in total. The smallest absolute Gasteiger partial charge is 0.342 e. The summed E-state index contributed by atoms with van der Waals surface area (Å²) in [6.45, 7) is 5.68.